The van der Waals surface area contributed by atoms with Crippen molar-refractivity contribution in [2.75, 3.05) is 7.11 Å². The van der Waals surface area contributed by atoms with Crippen LogP contribution in [0.1, 0.15) is 41.2 Å². The second-order valence-corrected chi connectivity index (χ2v) is 7.78. The number of aryl methyl sites for hydroxylation is 1. The molecule has 2 N–H and O–H groups in total. The van der Waals surface area contributed by atoms with Crippen molar-refractivity contribution in [3.05, 3.63) is 94.6 Å². The van der Waals surface area contributed by atoms with Crippen molar-refractivity contribution in [3.63, 3.8) is 0 Å². The van der Waals surface area contributed by atoms with Crippen LogP contribution in [0.25, 0.3) is 28.1 Å². The fourth-order valence-electron chi connectivity index (χ4n) is 4.12. The molecule has 0 aliphatic carbocycles. The molecule has 2 heterocycles. The van der Waals surface area contributed by atoms with Gasteiger partial charge in [-0.25, -0.2) is 9.78 Å². The summed E-state index contributed by atoms with van der Waals surface area (Å²) in [5, 5.41) is 15.9. The summed E-state index contributed by atoms with van der Waals surface area (Å²) in [7, 11) is 1.58. The third kappa shape index (κ3) is 4.45. The van der Waals surface area contributed by atoms with E-state index in [-0.39, 0.29) is 0 Å². The van der Waals surface area contributed by atoms with Crippen LogP contribution in [0.4, 0.5) is 4.39 Å². The number of nitrogens with zero attached hydrogens (tertiary/aromatic N) is 2. The first-order valence-corrected chi connectivity index (χ1v) is 10.8. The Morgan fingerprint density at radius 1 is 1.18 bits per heavy atom. The number of aromatic amines is 1. The quantitative estimate of drug-likeness (QED) is 0.338. The van der Waals surface area contributed by atoms with E-state index in [1.54, 1.807) is 19.4 Å². The molecule has 4 aromatic rings. The Bertz CT molecular complexity index is 1420. The normalized spacial score (nSPS) is 12.2. The van der Waals surface area contributed by atoms with Gasteiger partial charge < -0.3 is 9.84 Å². The van der Waals surface area contributed by atoms with Crippen LogP contribution in [0.2, 0.25) is 0 Å². The van der Waals surface area contributed by atoms with Crippen LogP contribution < -0.4 is 4.74 Å². The van der Waals surface area contributed by atoms with E-state index < -0.39 is 11.9 Å². The number of ether oxygens (including phenoxy) is 1. The molecule has 0 unspecified atom stereocenters. The van der Waals surface area contributed by atoms with Crippen molar-refractivity contribution < 1.29 is 19.0 Å². The van der Waals surface area contributed by atoms with E-state index in [0.717, 1.165) is 39.5 Å². The number of hydrogen-bond acceptors (Lipinski definition) is 4. The Labute approximate surface area is 196 Å². The molecule has 0 aliphatic heterocycles. The average molecular weight is 458 g/mol. The van der Waals surface area contributed by atoms with Crippen molar-refractivity contribution in [1.82, 2.24) is 15.2 Å². The molecule has 0 atom stereocenters. The average Bonchev–Trinajstić information content (AvgIpc) is 3.23. The van der Waals surface area contributed by atoms with E-state index in [2.05, 4.69) is 22.1 Å². The van der Waals surface area contributed by atoms with E-state index in [4.69, 9.17) is 9.84 Å². The maximum absolute atomic E-state index is 14.8. The number of rotatable bonds is 7. The number of hydrogen-bond donors (Lipinski definition) is 2. The predicted octanol–water partition coefficient (Wildman–Crippen LogP) is 5.88. The third-order valence-corrected chi connectivity index (χ3v) is 5.71. The number of benzene rings is 2. The Balaban J connectivity index is 2.00. The lowest BCUT2D eigenvalue weighted by Crippen LogP contribution is -2.00. The summed E-state index contributed by atoms with van der Waals surface area (Å²) in [4.78, 5) is 15.3. The molecule has 6 nitrogen and oxygen atoms in total. The number of carbonyl (C=O) groups is 1. The second-order valence-electron chi connectivity index (χ2n) is 7.78. The summed E-state index contributed by atoms with van der Waals surface area (Å²) in [6, 6.07) is 14.9. The van der Waals surface area contributed by atoms with Gasteiger partial charge in [0.25, 0.3) is 0 Å². The molecule has 4 rings (SSSR count). The van der Waals surface area contributed by atoms with Gasteiger partial charge in [0.15, 0.2) is 0 Å². The SMILES string of the molecule is CC/C(=C(/c1ccc(/C=C/C(=O)O)cc1)c1cccc2[nH]nc(F)c12)c1cnc(OC)cc1C. The lowest BCUT2D eigenvalue weighted by molar-refractivity contribution is -0.131. The number of H-pyrrole nitrogens is 1. The van der Waals surface area contributed by atoms with E-state index in [1.807, 2.05) is 49.4 Å². The predicted molar refractivity (Wildman–Crippen MR) is 131 cm³/mol. The minimum atomic E-state index is -1.01. The number of aromatic nitrogens is 3. The van der Waals surface area contributed by atoms with Gasteiger partial charge in [-0.3, -0.25) is 5.10 Å². The van der Waals surface area contributed by atoms with Crippen LogP contribution in [0.3, 0.4) is 0 Å². The van der Waals surface area contributed by atoms with Crippen LogP contribution in [0.15, 0.2) is 60.8 Å². The van der Waals surface area contributed by atoms with E-state index >= 15 is 0 Å². The van der Waals surface area contributed by atoms with Crippen LogP contribution in [0, 0.1) is 12.9 Å². The molecule has 0 bridgehead atoms. The molecule has 2 aromatic heterocycles. The summed E-state index contributed by atoms with van der Waals surface area (Å²) in [6.07, 6.45) is 5.07. The zero-order valence-electron chi connectivity index (χ0n) is 19.1. The van der Waals surface area contributed by atoms with Gasteiger partial charge in [0.1, 0.15) is 0 Å². The van der Waals surface area contributed by atoms with Crippen molar-refractivity contribution in [2.45, 2.75) is 20.3 Å². The Morgan fingerprint density at radius 3 is 2.59 bits per heavy atom. The lowest BCUT2D eigenvalue weighted by Gasteiger charge is -2.19. The smallest absolute Gasteiger partial charge is 0.328 e. The topological polar surface area (TPSA) is 88.1 Å². The molecule has 0 spiro atoms. The highest BCUT2D eigenvalue weighted by Crippen LogP contribution is 2.39. The van der Waals surface area contributed by atoms with Gasteiger partial charge in [0.05, 0.1) is 18.0 Å². The van der Waals surface area contributed by atoms with Gasteiger partial charge in [-0.2, -0.15) is 4.39 Å². The first-order chi connectivity index (χ1) is 16.4. The first-order valence-electron chi connectivity index (χ1n) is 10.8. The van der Waals surface area contributed by atoms with Crippen molar-refractivity contribution in [1.29, 1.82) is 0 Å². The summed E-state index contributed by atoms with van der Waals surface area (Å²) in [5.74, 6) is -1.05. The largest absolute Gasteiger partial charge is 0.481 e. The minimum absolute atomic E-state index is 0.414. The molecule has 172 valence electrons. The summed E-state index contributed by atoms with van der Waals surface area (Å²) >= 11 is 0. The van der Waals surface area contributed by atoms with E-state index in [0.29, 0.717) is 28.8 Å². The first kappa shape index (κ1) is 22.9. The van der Waals surface area contributed by atoms with Gasteiger partial charge in [-0.1, -0.05) is 43.3 Å². The lowest BCUT2D eigenvalue weighted by atomic mass is 9.86. The molecule has 2 aromatic carbocycles. The number of aliphatic carboxylic acids is 1. The molecule has 7 heteroatoms. The number of fused-ring (bicyclic) bond motifs is 1. The molecule has 0 fully saturated rings. The van der Waals surface area contributed by atoms with Crippen LogP contribution >= 0.6 is 0 Å². The fourth-order valence-corrected chi connectivity index (χ4v) is 4.12. The highest BCUT2D eigenvalue weighted by molar-refractivity contribution is 6.06. The minimum Gasteiger partial charge on any atom is -0.481 e. The number of nitrogens with one attached hydrogen (secondary N) is 1. The molecule has 34 heavy (non-hydrogen) atoms. The Hall–Kier alpha value is -4.26. The zero-order valence-corrected chi connectivity index (χ0v) is 19.1. The summed E-state index contributed by atoms with van der Waals surface area (Å²) in [6.45, 7) is 4.04. The molecular formula is C27H24FN3O3. The maximum Gasteiger partial charge on any atom is 0.328 e. The van der Waals surface area contributed by atoms with Crippen LogP contribution in [0.5, 0.6) is 5.88 Å². The van der Waals surface area contributed by atoms with Crippen molar-refractivity contribution in [2.24, 2.45) is 0 Å². The van der Waals surface area contributed by atoms with Crippen molar-refractivity contribution >= 4 is 34.1 Å². The number of pyridine rings is 1. The van der Waals surface area contributed by atoms with Gasteiger partial charge in [0, 0.05) is 18.3 Å². The van der Waals surface area contributed by atoms with Gasteiger partial charge >= 0.3 is 5.97 Å². The highest BCUT2D eigenvalue weighted by atomic mass is 19.1. The summed E-state index contributed by atoms with van der Waals surface area (Å²) < 4.78 is 20.1. The van der Waals surface area contributed by atoms with Crippen molar-refractivity contribution in [3.8, 4) is 5.88 Å². The monoisotopic (exact) mass is 457 g/mol. The molecule has 0 aliphatic rings. The number of carboxylic acids is 1. The zero-order chi connectivity index (χ0) is 24.2. The number of methoxy groups -OCH3 is 1. The standard InChI is InChI=1S/C27H24FN3O3/c1-4-19(21-15-29-23(34-3)14-16(21)2)25(18-11-8-17(9-12-18)10-13-24(32)33)20-6-5-7-22-26(20)27(28)31-30-22/h5-15H,4H2,1-3H3,(H,30,31)(H,32,33)/b13-10+,25-19+. The van der Waals surface area contributed by atoms with E-state index in [1.165, 1.54) is 6.08 Å². The number of carboxylic acid groups (broad SMARTS) is 1. The second kappa shape index (κ2) is 9.70. The Morgan fingerprint density at radius 2 is 1.94 bits per heavy atom. The Kier molecular flexibility index (Phi) is 6.54. The van der Waals surface area contributed by atoms with Crippen LogP contribution in [-0.4, -0.2) is 33.4 Å². The fraction of sp³-hybridized carbons (Fsp3) is 0.148. The molecule has 0 saturated carbocycles. The highest BCUT2D eigenvalue weighted by Gasteiger charge is 2.20. The maximum atomic E-state index is 14.8. The van der Waals surface area contributed by atoms with Crippen LogP contribution in [-0.2, 0) is 4.79 Å². The third-order valence-electron chi connectivity index (χ3n) is 5.71. The molecular weight excluding hydrogens is 433 g/mol. The number of halogens is 1. The van der Waals surface area contributed by atoms with Gasteiger partial charge in [-0.05, 0) is 64.5 Å². The number of allylic oxidation sites excluding steroid dienone is 1. The summed E-state index contributed by atoms with van der Waals surface area (Å²) in [5.41, 5.74) is 6.72. The molecule has 0 saturated heterocycles. The molecule has 0 radical (unpaired) electrons. The molecule has 0 amide bonds. The van der Waals surface area contributed by atoms with Gasteiger partial charge in [0.2, 0.25) is 11.8 Å². The van der Waals surface area contributed by atoms with Gasteiger partial charge in [-0.15, -0.1) is 5.10 Å². The van der Waals surface area contributed by atoms with E-state index in [9.17, 15) is 9.18 Å².